The Morgan fingerprint density at radius 3 is 2.73 bits per heavy atom. The molecule has 4 rings (SSSR count). The Labute approximate surface area is 177 Å². The molecule has 1 N–H and O–H groups in total. The number of aliphatic hydroxyl groups is 1. The normalized spacial score (nSPS) is 15.3. The van der Waals surface area contributed by atoms with E-state index in [2.05, 4.69) is 23.1 Å². The van der Waals surface area contributed by atoms with Crippen molar-refractivity contribution in [3.05, 3.63) is 88.9 Å². The highest BCUT2D eigenvalue weighted by Gasteiger charge is 2.19. The van der Waals surface area contributed by atoms with Gasteiger partial charge >= 0.3 is 0 Å². The summed E-state index contributed by atoms with van der Waals surface area (Å²) in [5, 5.41) is 10.7. The van der Waals surface area contributed by atoms with Crippen molar-refractivity contribution in [2.24, 2.45) is 0 Å². The van der Waals surface area contributed by atoms with Gasteiger partial charge in [0, 0.05) is 25.8 Å². The van der Waals surface area contributed by atoms with Crippen LogP contribution in [0.5, 0.6) is 5.75 Å². The quantitative estimate of drug-likeness (QED) is 0.596. The van der Waals surface area contributed by atoms with E-state index < -0.39 is 6.10 Å². The Hall–Kier alpha value is -2.60. The molecule has 30 heavy (non-hydrogen) atoms. The predicted octanol–water partition coefficient (Wildman–Crippen LogP) is 4.49. The number of aliphatic hydroxyl groups excluding tert-OH is 1. The monoisotopic (exact) mass is 407 g/mol. The molecule has 158 valence electrons. The number of furan rings is 1. The lowest BCUT2D eigenvalue weighted by Gasteiger charge is -2.19. The van der Waals surface area contributed by atoms with Crippen molar-refractivity contribution in [2.45, 2.75) is 38.6 Å². The Bertz CT molecular complexity index is 937. The van der Waals surface area contributed by atoms with E-state index in [1.54, 1.807) is 7.11 Å². The van der Waals surface area contributed by atoms with Crippen LogP contribution in [0.15, 0.2) is 65.1 Å². The van der Waals surface area contributed by atoms with Crippen molar-refractivity contribution in [3.63, 3.8) is 0 Å². The topological polar surface area (TPSA) is 55.1 Å². The second-order valence-electron chi connectivity index (χ2n) is 7.77. The van der Waals surface area contributed by atoms with E-state index in [4.69, 9.17) is 13.9 Å². The van der Waals surface area contributed by atoms with Crippen LogP contribution < -0.4 is 4.74 Å². The Balaban J connectivity index is 1.41. The molecule has 0 spiro atoms. The number of aryl methyl sites for hydroxylation is 1. The molecule has 1 aliphatic rings. The molecule has 0 saturated heterocycles. The molecule has 0 aliphatic carbocycles. The van der Waals surface area contributed by atoms with Crippen LogP contribution in [0.4, 0.5) is 0 Å². The number of nitrogens with zero attached hydrogens (tertiary/aromatic N) is 1. The van der Waals surface area contributed by atoms with E-state index in [9.17, 15) is 5.11 Å². The lowest BCUT2D eigenvalue weighted by Crippen LogP contribution is -2.25. The molecular weight excluding hydrogens is 378 g/mol. The zero-order valence-electron chi connectivity index (χ0n) is 17.4. The molecule has 0 radical (unpaired) electrons. The van der Waals surface area contributed by atoms with Crippen molar-refractivity contribution in [1.29, 1.82) is 0 Å². The molecule has 0 saturated carbocycles. The molecule has 1 atom stereocenters. The Morgan fingerprint density at radius 2 is 1.90 bits per heavy atom. The van der Waals surface area contributed by atoms with Crippen LogP contribution >= 0.6 is 0 Å². The standard InChI is InChI=1S/C25H29NO4/c1-28-18-23-10-9-22(30-23)17-26-13-14-29-25-12-8-20(15-21(25)16-26)24(27)11-7-19-5-3-2-4-6-19/h2-6,8-10,12,15,24,27H,7,11,13-14,16-18H2,1H3/t24-/m0/s1. The molecule has 2 aromatic carbocycles. The van der Waals surface area contributed by atoms with Crippen LogP contribution in [-0.2, 0) is 30.9 Å². The fourth-order valence-corrected chi connectivity index (χ4v) is 3.87. The number of rotatable bonds is 8. The summed E-state index contributed by atoms with van der Waals surface area (Å²) in [4.78, 5) is 2.31. The van der Waals surface area contributed by atoms with Gasteiger partial charge in [0.15, 0.2) is 0 Å². The number of hydrogen-bond donors (Lipinski definition) is 1. The molecule has 2 heterocycles. The van der Waals surface area contributed by atoms with Crippen molar-refractivity contribution >= 4 is 0 Å². The lowest BCUT2D eigenvalue weighted by molar-refractivity contribution is 0.157. The van der Waals surface area contributed by atoms with Crippen LogP contribution in [0.1, 0.15) is 40.7 Å². The minimum absolute atomic E-state index is 0.482. The smallest absolute Gasteiger partial charge is 0.129 e. The third-order valence-electron chi connectivity index (χ3n) is 5.46. The van der Waals surface area contributed by atoms with Crippen molar-refractivity contribution in [3.8, 4) is 5.75 Å². The minimum atomic E-state index is -0.492. The number of fused-ring (bicyclic) bond motifs is 1. The van der Waals surface area contributed by atoms with Crippen LogP contribution in [0.25, 0.3) is 0 Å². The number of benzene rings is 2. The number of hydrogen-bond acceptors (Lipinski definition) is 5. The van der Waals surface area contributed by atoms with E-state index in [-0.39, 0.29) is 0 Å². The largest absolute Gasteiger partial charge is 0.492 e. The fraction of sp³-hybridized carbons (Fsp3) is 0.360. The van der Waals surface area contributed by atoms with Gasteiger partial charge in [0.05, 0.1) is 12.6 Å². The van der Waals surface area contributed by atoms with Gasteiger partial charge in [-0.3, -0.25) is 4.90 Å². The highest BCUT2D eigenvalue weighted by molar-refractivity contribution is 5.38. The first-order valence-corrected chi connectivity index (χ1v) is 10.5. The first-order chi connectivity index (χ1) is 14.7. The molecule has 0 unspecified atom stereocenters. The predicted molar refractivity (Wildman–Crippen MR) is 115 cm³/mol. The molecule has 0 bridgehead atoms. The van der Waals surface area contributed by atoms with Crippen molar-refractivity contribution < 1.29 is 19.0 Å². The molecule has 1 aliphatic heterocycles. The average Bonchev–Trinajstić information content (AvgIpc) is 3.10. The van der Waals surface area contributed by atoms with E-state index in [1.165, 1.54) is 5.56 Å². The van der Waals surface area contributed by atoms with Gasteiger partial charge < -0.3 is 19.0 Å². The maximum atomic E-state index is 10.7. The molecule has 1 aromatic heterocycles. The molecule has 0 amide bonds. The van der Waals surface area contributed by atoms with Crippen LogP contribution in [0.2, 0.25) is 0 Å². The second kappa shape index (κ2) is 9.94. The van der Waals surface area contributed by atoms with Crippen LogP contribution in [0, 0.1) is 0 Å². The van der Waals surface area contributed by atoms with E-state index >= 15 is 0 Å². The summed E-state index contributed by atoms with van der Waals surface area (Å²) in [6.45, 7) is 3.41. The van der Waals surface area contributed by atoms with Crippen molar-refractivity contribution in [1.82, 2.24) is 4.90 Å². The van der Waals surface area contributed by atoms with E-state index in [1.807, 2.05) is 42.5 Å². The highest BCUT2D eigenvalue weighted by Crippen LogP contribution is 2.29. The van der Waals surface area contributed by atoms with Gasteiger partial charge in [-0.2, -0.15) is 0 Å². The lowest BCUT2D eigenvalue weighted by atomic mass is 9.99. The van der Waals surface area contributed by atoms with Gasteiger partial charge in [-0.15, -0.1) is 0 Å². The van der Waals surface area contributed by atoms with Gasteiger partial charge in [0.2, 0.25) is 0 Å². The van der Waals surface area contributed by atoms with Crippen molar-refractivity contribution in [2.75, 3.05) is 20.3 Å². The van der Waals surface area contributed by atoms with E-state index in [0.717, 1.165) is 47.9 Å². The summed E-state index contributed by atoms with van der Waals surface area (Å²) in [6, 6.07) is 20.3. The number of ether oxygens (including phenoxy) is 2. The third-order valence-corrected chi connectivity index (χ3v) is 5.46. The first kappa shape index (κ1) is 20.7. The highest BCUT2D eigenvalue weighted by atomic mass is 16.5. The number of methoxy groups -OCH3 is 1. The van der Waals surface area contributed by atoms with E-state index in [0.29, 0.717) is 26.2 Å². The zero-order chi connectivity index (χ0) is 20.8. The summed E-state index contributed by atoms with van der Waals surface area (Å²) in [7, 11) is 1.66. The second-order valence-corrected chi connectivity index (χ2v) is 7.77. The summed E-state index contributed by atoms with van der Waals surface area (Å²) in [5.41, 5.74) is 3.29. The summed E-state index contributed by atoms with van der Waals surface area (Å²) in [6.07, 6.45) is 1.06. The molecular formula is C25H29NO4. The van der Waals surface area contributed by atoms with Crippen LogP contribution in [0.3, 0.4) is 0 Å². The average molecular weight is 408 g/mol. The van der Waals surface area contributed by atoms with Gasteiger partial charge in [-0.05, 0) is 48.2 Å². The van der Waals surface area contributed by atoms with Gasteiger partial charge in [0.1, 0.15) is 30.5 Å². The SMILES string of the molecule is COCc1ccc(CN2CCOc3ccc([C@@H](O)CCc4ccccc4)cc3C2)o1. The maximum Gasteiger partial charge on any atom is 0.129 e. The Morgan fingerprint density at radius 1 is 1.07 bits per heavy atom. The molecule has 3 aromatic rings. The molecule has 5 nitrogen and oxygen atoms in total. The summed E-state index contributed by atoms with van der Waals surface area (Å²) >= 11 is 0. The zero-order valence-corrected chi connectivity index (χ0v) is 17.4. The summed E-state index contributed by atoms with van der Waals surface area (Å²) in [5.74, 6) is 2.66. The van der Waals surface area contributed by atoms with Gasteiger partial charge in [-0.25, -0.2) is 0 Å². The van der Waals surface area contributed by atoms with Crippen LogP contribution in [-0.4, -0.2) is 30.3 Å². The van der Waals surface area contributed by atoms with Gasteiger partial charge in [-0.1, -0.05) is 36.4 Å². The minimum Gasteiger partial charge on any atom is -0.492 e. The molecule has 0 fully saturated rings. The fourth-order valence-electron chi connectivity index (χ4n) is 3.87. The maximum absolute atomic E-state index is 10.7. The molecule has 5 heteroatoms. The first-order valence-electron chi connectivity index (χ1n) is 10.5. The third kappa shape index (κ3) is 5.30. The Kier molecular flexibility index (Phi) is 6.84. The van der Waals surface area contributed by atoms with Gasteiger partial charge in [0.25, 0.3) is 0 Å². The summed E-state index contributed by atoms with van der Waals surface area (Å²) < 4.78 is 16.9.